The van der Waals surface area contributed by atoms with Gasteiger partial charge in [0.1, 0.15) is 19.0 Å². The molecule has 3 aromatic rings. The molecule has 0 fully saturated rings. The molecule has 3 rings (SSSR count). The highest BCUT2D eigenvalue weighted by Gasteiger charge is 2.26. The van der Waals surface area contributed by atoms with Gasteiger partial charge in [0.2, 0.25) is 0 Å². The lowest BCUT2D eigenvalue weighted by Gasteiger charge is -2.21. The van der Waals surface area contributed by atoms with Gasteiger partial charge in [0.25, 0.3) is 0 Å². The molecule has 0 saturated carbocycles. The van der Waals surface area contributed by atoms with E-state index in [0.29, 0.717) is 17.9 Å². The number of hydrogen-bond acceptors (Lipinski definition) is 4. The fourth-order valence-corrected chi connectivity index (χ4v) is 3.06. The zero-order chi connectivity index (χ0) is 22.1. The van der Waals surface area contributed by atoms with Crippen LogP contribution in [0.15, 0.2) is 84.9 Å². The SMILES string of the molecule is CC(C)[C@H](NC(=O)OCc1ccccc1)C(=O)c1ccc(OCc2ccccc2)cc1. The van der Waals surface area contributed by atoms with Crippen molar-refractivity contribution in [1.29, 1.82) is 0 Å². The lowest BCUT2D eigenvalue weighted by molar-refractivity contribution is 0.0886. The van der Waals surface area contributed by atoms with Crippen LogP contribution >= 0.6 is 0 Å². The maximum Gasteiger partial charge on any atom is 0.408 e. The van der Waals surface area contributed by atoms with Gasteiger partial charge in [-0.25, -0.2) is 4.79 Å². The van der Waals surface area contributed by atoms with E-state index in [-0.39, 0.29) is 18.3 Å². The average Bonchev–Trinajstić information content (AvgIpc) is 2.81. The number of alkyl carbamates (subject to hydrolysis) is 1. The molecular weight excluding hydrogens is 390 g/mol. The van der Waals surface area contributed by atoms with E-state index < -0.39 is 12.1 Å². The van der Waals surface area contributed by atoms with Crippen LogP contribution in [-0.4, -0.2) is 17.9 Å². The van der Waals surface area contributed by atoms with E-state index in [1.54, 1.807) is 24.3 Å². The van der Waals surface area contributed by atoms with E-state index in [1.807, 2.05) is 74.5 Å². The van der Waals surface area contributed by atoms with Crippen molar-refractivity contribution >= 4 is 11.9 Å². The molecule has 0 aliphatic rings. The number of benzene rings is 3. The molecule has 0 aliphatic heterocycles. The van der Waals surface area contributed by atoms with Gasteiger partial charge in [-0.15, -0.1) is 0 Å². The second kappa shape index (κ2) is 11.0. The second-order valence-corrected chi connectivity index (χ2v) is 7.59. The van der Waals surface area contributed by atoms with Crippen LogP contribution in [0.2, 0.25) is 0 Å². The quantitative estimate of drug-likeness (QED) is 0.474. The highest BCUT2D eigenvalue weighted by molar-refractivity contribution is 6.01. The highest BCUT2D eigenvalue weighted by Crippen LogP contribution is 2.17. The van der Waals surface area contributed by atoms with Gasteiger partial charge in [0, 0.05) is 5.56 Å². The van der Waals surface area contributed by atoms with Crippen LogP contribution < -0.4 is 10.1 Å². The standard InChI is InChI=1S/C26H27NO4/c1-19(2)24(27-26(29)31-18-21-11-7-4-8-12-21)25(28)22-13-15-23(16-14-22)30-17-20-9-5-3-6-10-20/h3-16,19,24H,17-18H2,1-2H3,(H,27,29)/t24-/m0/s1. The Kier molecular flexibility index (Phi) is 7.82. The van der Waals surface area contributed by atoms with E-state index in [0.717, 1.165) is 11.1 Å². The number of nitrogens with one attached hydrogen (secondary N) is 1. The van der Waals surface area contributed by atoms with Crippen molar-refractivity contribution in [2.75, 3.05) is 0 Å². The van der Waals surface area contributed by atoms with E-state index in [1.165, 1.54) is 0 Å². The van der Waals surface area contributed by atoms with Crippen molar-refractivity contribution in [2.24, 2.45) is 5.92 Å². The molecule has 0 radical (unpaired) electrons. The molecule has 0 saturated heterocycles. The van der Waals surface area contributed by atoms with Crippen LogP contribution in [0, 0.1) is 5.92 Å². The first-order chi connectivity index (χ1) is 15.0. The van der Waals surface area contributed by atoms with Crippen molar-refractivity contribution in [3.63, 3.8) is 0 Å². The van der Waals surface area contributed by atoms with Crippen molar-refractivity contribution in [3.8, 4) is 5.75 Å². The van der Waals surface area contributed by atoms with Gasteiger partial charge in [0.05, 0.1) is 6.04 Å². The third-order valence-electron chi connectivity index (χ3n) is 4.82. The number of Topliss-reactive ketones (excluding diaryl/α,β-unsaturated/α-hetero) is 1. The maximum atomic E-state index is 13.0. The molecule has 0 heterocycles. The average molecular weight is 418 g/mol. The number of rotatable bonds is 9. The topological polar surface area (TPSA) is 64.6 Å². The summed E-state index contributed by atoms with van der Waals surface area (Å²) >= 11 is 0. The number of ketones is 1. The molecule has 1 N–H and O–H groups in total. The molecule has 0 unspecified atom stereocenters. The predicted octanol–water partition coefficient (Wildman–Crippen LogP) is 5.40. The summed E-state index contributed by atoms with van der Waals surface area (Å²) in [6.07, 6.45) is -0.612. The summed E-state index contributed by atoms with van der Waals surface area (Å²) < 4.78 is 11.0. The largest absolute Gasteiger partial charge is 0.489 e. The van der Waals surface area contributed by atoms with Crippen molar-refractivity contribution in [2.45, 2.75) is 33.1 Å². The minimum atomic E-state index is -0.681. The normalized spacial score (nSPS) is 11.6. The summed E-state index contributed by atoms with van der Waals surface area (Å²) in [5.74, 6) is 0.420. The lowest BCUT2D eigenvalue weighted by atomic mass is 9.95. The number of carbonyl (C=O) groups is 2. The number of ether oxygens (including phenoxy) is 2. The summed E-state index contributed by atoms with van der Waals surface area (Å²) in [4.78, 5) is 25.2. The Hall–Kier alpha value is -3.60. The Morgan fingerprint density at radius 3 is 1.87 bits per heavy atom. The Balaban J connectivity index is 1.56. The number of carbonyl (C=O) groups excluding carboxylic acids is 2. The van der Waals surface area contributed by atoms with Crippen molar-refractivity contribution in [1.82, 2.24) is 5.32 Å². The van der Waals surface area contributed by atoms with Crippen LogP contribution in [0.1, 0.15) is 35.3 Å². The van der Waals surface area contributed by atoms with Crippen molar-refractivity contribution in [3.05, 3.63) is 102 Å². The fourth-order valence-electron chi connectivity index (χ4n) is 3.06. The van der Waals surface area contributed by atoms with Gasteiger partial charge in [0.15, 0.2) is 5.78 Å². The predicted molar refractivity (Wildman–Crippen MR) is 120 cm³/mol. The second-order valence-electron chi connectivity index (χ2n) is 7.59. The minimum Gasteiger partial charge on any atom is -0.489 e. The Labute approximate surface area is 183 Å². The van der Waals surface area contributed by atoms with Crippen LogP contribution in [0.25, 0.3) is 0 Å². The smallest absolute Gasteiger partial charge is 0.408 e. The van der Waals surface area contributed by atoms with E-state index in [9.17, 15) is 9.59 Å². The first-order valence-electron chi connectivity index (χ1n) is 10.3. The number of amides is 1. The Morgan fingerprint density at radius 2 is 1.32 bits per heavy atom. The lowest BCUT2D eigenvalue weighted by Crippen LogP contribution is -2.44. The van der Waals surface area contributed by atoms with E-state index >= 15 is 0 Å². The zero-order valence-electron chi connectivity index (χ0n) is 17.8. The summed E-state index contributed by atoms with van der Waals surface area (Å²) in [5.41, 5.74) is 2.46. The third-order valence-corrected chi connectivity index (χ3v) is 4.82. The first kappa shape index (κ1) is 22.1. The molecule has 0 bridgehead atoms. The molecule has 0 spiro atoms. The summed E-state index contributed by atoms with van der Waals surface area (Å²) in [5, 5.41) is 2.70. The zero-order valence-corrected chi connectivity index (χ0v) is 17.8. The van der Waals surface area contributed by atoms with Crippen molar-refractivity contribution < 1.29 is 19.1 Å². The van der Waals surface area contributed by atoms with Crippen LogP contribution in [-0.2, 0) is 18.0 Å². The van der Waals surface area contributed by atoms with Gasteiger partial charge in [-0.3, -0.25) is 4.79 Å². The number of hydrogen-bond donors (Lipinski definition) is 1. The maximum absolute atomic E-state index is 13.0. The molecule has 1 amide bonds. The third kappa shape index (κ3) is 6.71. The molecule has 5 heteroatoms. The molecule has 0 aliphatic carbocycles. The van der Waals surface area contributed by atoms with Gasteiger partial charge < -0.3 is 14.8 Å². The van der Waals surface area contributed by atoms with Crippen LogP contribution in [0.5, 0.6) is 5.75 Å². The Morgan fingerprint density at radius 1 is 0.774 bits per heavy atom. The molecule has 3 aromatic carbocycles. The summed E-state index contributed by atoms with van der Waals surface area (Å²) in [7, 11) is 0. The first-order valence-corrected chi connectivity index (χ1v) is 10.3. The molecule has 0 aromatic heterocycles. The fraction of sp³-hybridized carbons (Fsp3) is 0.231. The Bertz CT molecular complexity index is 969. The van der Waals surface area contributed by atoms with Gasteiger partial charge in [-0.2, -0.15) is 0 Å². The van der Waals surface area contributed by atoms with Crippen LogP contribution in [0.3, 0.4) is 0 Å². The van der Waals surface area contributed by atoms with E-state index in [4.69, 9.17) is 9.47 Å². The van der Waals surface area contributed by atoms with Gasteiger partial charge in [-0.05, 0) is 41.3 Å². The van der Waals surface area contributed by atoms with Gasteiger partial charge >= 0.3 is 6.09 Å². The summed E-state index contributed by atoms with van der Waals surface area (Å²) in [6, 6.07) is 25.6. The molecular formula is C26H27NO4. The molecule has 160 valence electrons. The monoisotopic (exact) mass is 417 g/mol. The van der Waals surface area contributed by atoms with Gasteiger partial charge in [-0.1, -0.05) is 74.5 Å². The molecule has 1 atom stereocenters. The van der Waals surface area contributed by atoms with E-state index in [2.05, 4.69) is 5.32 Å². The molecule has 5 nitrogen and oxygen atoms in total. The highest BCUT2D eigenvalue weighted by atomic mass is 16.5. The minimum absolute atomic E-state index is 0.0919. The molecule has 31 heavy (non-hydrogen) atoms. The summed E-state index contributed by atoms with van der Waals surface area (Å²) in [6.45, 7) is 4.38. The van der Waals surface area contributed by atoms with Crippen LogP contribution in [0.4, 0.5) is 4.79 Å².